The molecule has 0 fully saturated rings. The molecule has 5 nitrogen and oxygen atoms in total. The fraction of sp³-hybridized carbons (Fsp3) is 0.818. The number of hydrogen-bond donors (Lipinski definition) is 0. The van der Waals surface area contributed by atoms with Gasteiger partial charge in [0.25, 0.3) is 0 Å². The second-order valence-corrected chi connectivity index (χ2v) is 4.79. The van der Waals surface area contributed by atoms with Crippen LogP contribution in [0, 0.1) is 5.92 Å². The zero-order valence-electron chi connectivity index (χ0n) is 10.9. The van der Waals surface area contributed by atoms with Gasteiger partial charge in [0.1, 0.15) is 5.60 Å². The Hall–Kier alpha value is -1.26. The molecule has 1 unspecified atom stereocenters. The molecule has 1 amide bonds. The predicted molar refractivity (Wildman–Crippen MR) is 60.0 cm³/mol. The standard InChI is InChI=1S/C11H21NO4/c1-8(9(13)15-6)7-12(5)10(14)16-11(2,3)4/h8H,7H2,1-6H3. The van der Waals surface area contributed by atoms with Crippen molar-refractivity contribution in [2.24, 2.45) is 5.92 Å². The summed E-state index contributed by atoms with van der Waals surface area (Å²) < 4.78 is 9.72. The molecule has 0 aromatic carbocycles. The van der Waals surface area contributed by atoms with Crippen LogP contribution in [0.5, 0.6) is 0 Å². The number of amides is 1. The summed E-state index contributed by atoms with van der Waals surface area (Å²) in [6.45, 7) is 7.36. The zero-order valence-corrected chi connectivity index (χ0v) is 10.9. The molecule has 0 spiro atoms. The molecule has 5 heteroatoms. The lowest BCUT2D eigenvalue weighted by Crippen LogP contribution is -2.38. The Bertz CT molecular complexity index is 257. The number of esters is 1. The third kappa shape index (κ3) is 5.58. The highest BCUT2D eigenvalue weighted by molar-refractivity contribution is 5.73. The maximum atomic E-state index is 11.6. The lowest BCUT2D eigenvalue weighted by Gasteiger charge is -2.25. The SMILES string of the molecule is COC(=O)C(C)CN(C)C(=O)OC(C)(C)C. The highest BCUT2D eigenvalue weighted by Crippen LogP contribution is 2.10. The van der Waals surface area contributed by atoms with Gasteiger partial charge in [0, 0.05) is 13.6 Å². The van der Waals surface area contributed by atoms with E-state index in [1.807, 2.05) is 0 Å². The fourth-order valence-electron chi connectivity index (χ4n) is 1.10. The van der Waals surface area contributed by atoms with Gasteiger partial charge in [-0.05, 0) is 20.8 Å². The van der Waals surface area contributed by atoms with Crippen LogP contribution in [0.4, 0.5) is 4.79 Å². The minimum atomic E-state index is -0.528. The van der Waals surface area contributed by atoms with E-state index in [4.69, 9.17) is 4.74 Å². The molecule has 0 aromatic rings. The first-order chi connectivity index (χ1) is 7.17. The highest BCUT2D eigenvalue weighted by Gasteiger charge is 2.23. The molecule has 0 saturated heterocycles. The van der Waals surface area contributed by atoms with Gasteiger partial charge >= 0.3 is 12.1 Å². The topological polar surface area (TPSA) is 55.8 Å². The van der Waals surface area contributed by atoms with Crippen molar-refractivity contribution in [2.45, 2.75) is 33.3 Å². The number of rotatable bonds is 3. The zero-order chi connectivity index (χ0) is 12.9. The average molecular weight is 231 g/mol. The summed E-state index contributed by atoms with van der Waals surface area (Å²) >= 11 is 0. The van der Waals surface area contributed by atoms with E-state index in [1.54, 1.807) is 34.7 Å². The number of nitrogens with zero attached hydrogens (tertiary/aromatic N) is 1. The van der Waals surface area contributed by atoms with E-state index in [9.17, 15) is 9.59 Å². The second-order valence-electron chi connectivity index (χ2n) is 4.79. The molecule has 0 heterocycles. The van der Waals surface area contributed by atoms with Crippen molar-refractivity contribution in [3.63, 3.8) is 0 Å². The number of methoxy groups -OCH3 is 1. The molecule has 0 aliphatic carbocycles. The van der Waals surface area contributed by atoms with E-state index in [1.165, 1.54) is 12.0 Å². The minimum absolute atomic E-state index is 0.279. The molecule has 0 bridgehead atoms. The molecule has 0 aromatic heterocycles. The fourth-order valence-corrected chi connectivity index (χ4v) is 1.10. The van der Waals surface area contributed by atoms with Gasteiger partial charge in [-0.15, -0.1) is 0 Å². The molecular formula is C11H21NO4. The van der Waals surface area contributed by atoms with E-state index in [2.05, 4.69) is 4.74 Å². The van der Waals surface area contributed by atoms with Gasteiger partial charge in [-0.1, -0.05) is 6.92 Å². The van der Waals surface area contributed by atoms with E-state index in [0.29, 0.717) is 0 Å². The summed E-state index contributed by atoms with van der Waals surface area (Å²) in [5.74, 6) is -0.696. The normalized spacial score (nSPS) is 12.9. The Morgan fingerprint density at radius 2 is 1.81 bits per heavy atom. The maximum absolute atomic E-state index is 11.6. The molecule has 16 heavy (non-hydrogen) atoms. The first-order valence-corrected chi connectivity index (χ1v) is 5.19. The molecule has 94 valence electrons. The van der Waals surface area contributed by atoms with Crippen LogP contribution in [0.1, 0.15) is 27.7 Å². The summed E-state index contributed by atoms with van der Waals surface area (Å²) in [6, 6.07) is 0. The van der Waals surface area contributed by atoms with Gasteiger partial charge in [0.15, 0.2) is 0 Å². The molecule has 1 atom stereocenters. The van der Waals surface area contributed by atoms with E-state index >= 15 is 0 Å². The average Bonchev–Trinajstić information content (AvgIpc) is 2.13. The van der Waals surface area contributed by atoms with E-state index in [-0.39, 0.29) is 18.4 Å². The summed E-state index contributed by atoms with van der Waals surface area (Å²) in [6.07, 6.45) is -0.441. The van der Waals surface area contributed by atoms with Gasteiger partial charge in [-0.25, -0.2) is 4.79 Å². The summed E-state index contributed by atoms with van der Waals surface area (Å²) in [4.78, 5) is 24.1. The Balaban J connectivity index is 4.21. The van der Waals surface area contributed by atoms with Crippen LogP contribution in [-0.2, 0) is 14.3 Å². The number of carbonyl (C=O) groups excluding carboxylic acids is 2. The van der Waals surface area contributed by atoms with Crippen LogP contribution in [-0.4, -0.2) is 43.3 Å². The Morgan fingerprint density at radius 3 is 2.19 bits per heavy atom. The van der Waals surface area contributed by atoms with Gasteiger partial charge in [-0.3, -0.25) is 4.79 Å². The first-order valence-electron chi connectivity index (χ1n) is 5.19. The van der Waals surface area contributed by atoms with Crippen LogP contribution in [0.3, 0.4) is 0 Å². The van der Waals surface area contributed by atoms with Crippen molar-refractivity contribution < 1.29 is 19.1 Å². The van der Waals surface area contributed by atoms with Crippen LogP contribution >= 0.6 is 0 Å². The number of ether oxygens (including phenoxy) is 2. The highest BCUT2D eigenvalue weighted by atomic mass is 16.6. The molecule has 0 aliphatic heterocycles. The number of hydrogen-bond acceptors (Lipinski definition) is 4. The first kappa shape index (κ1) is 14.7. The van der Waals surface area contributed by atoms with Crippen LogP contribution < -0.4 is 0 Å². The summed E-state index contributed by atoms with van der Waals surface area (Å²) in [7, 11) is 2.92. The van der Waals surface area contributed by atoms with Gasteiger partial charge in [-0.2, -0.15) is 0 Å². The third-order valence-electron chi connectivity index (χ3n) is 1.86. The lowest BCUT2D eigenvalue weighted by atomic mass is 10.2. The van der Waals surface area contributed by atoms with Crippen molar-refractivity contribution in [2.75, 3.05) is 20.7 Å². The quantitative estimate of drug-likeness (QED) is 0.693. The third-order valence-corrected chi connectivity index (χ3v) is 1.86. The van der Waals surface area contributed by atoms with Crippen molar-refractivity contribution in [3.05, 3.63) is 0 Å². The Labute approximate surface area is 96.7 Å². The van der Waals surface area contributed by atoms with Gasteiger partial charge in [0.05, 0.1) is 13.0 Å². The lowest BCUT2D eigenvalue weighted by molar-refractivity contribution is -0.145. The Morgan fingerprint density at radius 1 is 1.31 bits per heavy atom. The molecule has 0 radical (unpaired) electrons. The van der Waals surface area contributed by atoms with E-state index < -0.39 is 11.7 Å². The summed E-state index contributed by atoms with van der Waals surface area (Å²) in [5, 5.41) is 0. The molecule has 0 N–H and O–H groups in total. The predicted octanol–water partition coefficient (Wildman–Crippen LogP) is 1.66. The smallest absolute Gasteiger partial charge is 0.410 e. The largest absolute Gasteiger partial charge is 0.469 e. The molecule has 0 aliphatic rings. The van der Waals surface area contributed by atoms with Crippen molar-refractivity contribution in [1.29, 1.82) is 0 Å². The van der Waals surface area contributed by atoms with Crippen molar-refractivity contribution in [1.82, 2.24) is 4.90 Å². The minimum Gasteiger partial charge on any atom is -0.469 e. The summed E-state index contributed by atoms with van der Waals surface area (Å²) in [5.41, 5.74) is -0.528. The van der Waals surface area contributed by atoms with Crippen LogP contribution in [0.2, 0.25) is 0 Å². The molecule has 0 rings (SSSR count). The van der Waals surface area contributed by atoms with Crippen LogP contribution in [0.15, 0.2) is 0 Å². The molecular weight excluding hydrogens is 210 g/mol. The van der Waals surface area contributed by atoms with Crippen molar-refractivity contribution >= 4 is 12.1 Å². The molecule has 0 saturated carbocycles. The maximum Gasteiger partial charge on any atom is 0.410 e. The van der Waals surface area contributed by atoms with Gasteiger partial charge < -0.3 is 14.4 Å². The monoisotopic (exact) mass is 231 g/mol. The Kier molecular flexibility index (Phi) is 5.27. The number of carbonyl (C=O) groups is 2. The van der Waals surface area contributed by atoms with Gasteiger partial charge in [0.2, 0.25) is 0 Å². The van der Waals surface area contributed by atoms with E-state index in [0.717, 1.165) is 0 Å². The van der Waals surface area contributed by atoms with Crippen molar-refractivity contribution in [3.8, 4) is 0 Å². The second kappa shape index (κ2) is 5.72. The van der Waals surface area contributed by atoms with Crippen LogP contribution in [0.25, 0.3) is 0 Å².